The van der Waals surface area contributed by atoms with E-state index in [2.05, 4.69) is 15.3 Å². The van der Waals surface area contributed by atoms with Gasteiger partial charge in [0, 0.05) is 0 Å². The van der Waals surface area contributed by atoms with Crippen LogP contribution in [0.1, 0.15) is 0 Å². The highest BCUT2D eigenvalue weighted by molar-refractivity contribution is 7.98. The number of thioether (sulfide) groups is 1. The summed E-state index contributed by atoms with van der Waals surface area (Å²) in [6, 6.07) is 0. The average Bonchev–Trinajstić information content (AvgIpc) is 3.02. The zero-order valence-corrected chi connectivity index (χ0v) is 12.1. The lowest BCUT2D eigenvalue weighted by atomic mass is 10.1. The number of aromatic nitrogens is 2. The molecule has 21 heavy (non-hydrogen) atoms. The molecule has 1 fully saturated rings. The first-order valence-electron chi connectivity index (χ1n) is 6.41. The van der Waals surface area contributed by atoms with Crippen molar-refractivity contribution in [3.05, 3.63) is 0 Å². The normalized spacial score (nSPS) is 31.3. The number of aliphatic hydroxyl groups excluding tert-OH is 3. The molecule has 0 unspecified atom stereocenters. The molecule has 0 bridgehead atoms. The molecule has 0 amide bonds. The second-order valence-corrected chi connectivity index (χ2v) is 5.60. The number of nitrogens with zero attached hydrogens (tertiary/aromatic N) is 3. The van der Waals surface area contributed by atoms with E-state index >= 15 is 0 Å². The van der Waals surface area contributed by atoms with Gasteiger partial charge in [-0.05, 0) is 6.26 Å². The van der Waals surface area contributed by atoms with Crippen molar-refractivity contribution in [3.8, 4) is 0 Å². The molecule has 10 heteroatoms. The summed E-state index contributed by atoms with van der Waals surface area (Å²) in [5.74, 6) is 0.834. The molecule has 1 aromatic heterocycles. The van der Waals surface area contributed by atoms with E-state index in [0.29, 0.717) is 29.1 Å². The van der Waals surface area contributed by atoms with Crippen LogP contribution in [0.15, 0.2) is 5.16 Å². The molecule has 3 heterocycles. The second kappa shape index (κ2) is 5.46. The Bertz CT molecular complexity index is 548. The van der Waals surface area contributed by atoms with E-state index in [1.807, 2.05) is 6.26 Å². The van der Waals surface area contributed by atoms with Crippen molar-refractivity contribution >= 4 is 29.1 Å². The maximum Gasteiger partial charge on any atom is 0.191 e. The van der Waals surface area contributed by atoms with E-state index in [4.69, 9.17) is 15.6 Å². The Balaban J connectivity index is 1.92. The molecule has 2 aliphatic rings. The third kappa shape index (κ3) is 2.28. The van der Waals surface area contributed by atoms with Gasteiger partial charge in [0.25, 0.3) is 0 Å². The van der Waals surface area contributed by atoms with Crippen molar-refractivity contribution in [2.45, 2.75) is 29.7 Å². The van der Waals surface area contributed by atoms with Gasteiger partial charge in [-0.25, -0.2) is 9.97 Å². The van der Waals surface area contributed by atoms with Gasteiger partial charge < -0.3 is 36.0 Å². The zero-order valence-electron chi connectivity index (χ0n) is 11.3. The molecule has 0 saturated carbocycles. The Morgan fingerprint density at radius 1 is 1.43 bits per heavy atom. The number of aliphatic hydroxyl groups is 3. The quantitative estimate of drug-likeness (QED) is 0.328. The predicted octanol–water partition coefficient (Wildman–Crippen LogP) is -1.59. The van der Waals surface area contributed by atoms with Gasteiger partial charge in [0.2, 0.25) is 0 Å². The fraction of sp³-hybridized carbons (Fsp3) is 0.636. The van der Waals surface area contributed by atoms with Crippen LogP contribution in [0.5, 0.6) is 0 Å². The van der Waals surface area contributed by atoms with E-state index < -0.39 is 24.5 Å². The molecule has 1 saturated heterocycles. The van der Waals surface area contributed by atoms with Gasteiger partial charge in [-0.2, -0.15) is 0 Å². The molecular weight excluding hydrogens is 298 g/mol. The smallest absolute Gasteiger partial charge is 0.191 e. The molecule has 116 valence electrons. The Hall–Kier alpha value is -1.33. The topological polar surface area (TPSA) is 137 Å². The van der Waals surface area contributed by atoms with E-state index in [0.717, 1.165) is 0 Å². The summed E-state index contributed by atoms with van der Waals surface area (Å²) in [6.45, 7) is -0.0521. The Morgan fingerprint density at radius 3 is 2.81 bits per heavy atom. The highest BCUT2D eigenvalue weighted by atomic mass is 32.2. The van der Waals surface area contributed by atoms with Crippen LogP contribution in [-0.4, -0.2) is 69.4 Å². The zero-order chi connectivity index (χ0) is 15.1. The lowest BCUT2D eigenvalue weighted by Crippen LogP contribution is -2.44. The van der Waals surface area contributed by atoms with Crippen LogP contribution in [0.25, 0.3) is 0 Å². The molecular formula is C11H17N5O4S. The SMILES string of the molecule is CSc1nc(N)c2c(n1)N([C@@H]1O[C@H](CO)[C@@H](O)[C@H]1O)CN2. The number of hydrogen-bond donors (Lipinski definition) is 5. The van der Waals surface area contributed by atoms with E-state index in [-0.39, 0.29) is 6.61 Å². The lowest BCUT2D eigenvalue weighted by molar-refractivity contribution is -0.0220. The minimum absolute atomic E-state index is 0.318. The van der Waals surface area contributed by atoms with Crippen molar-refractivity contribution in [1.82, 2.24) is 9.97 Å². The number of fused-ring (bicyclic) bond motifs is 1. The monoisotopic (exact) mass is 315 g/mol. The average molecular weight is 315 g/mol. The molecule has 0 aromatic carbocycles. The number of rotatable bonds is 3. The maximum atomic E-state index is 10.1. The minimum atomic E-state index is -1.15. The van der Waals surface area contributed by atoms with Crippen molar-refractivity contribution in [1.29, 1.82) is 0 Å². The number of nitrogens with two attached hydrogens (primary N) is 1. The number of nitrogen functional groups attached to an aromatic ring is 1. The van der Waals surface area contributed by atoms with E-state index in [1.165, 1.54) is 11.8 Å². The summed E-state index contributed by atoms with van der Waals surface area (Å²) in [6.07, 6.45) is -2.10. The van der Waals surface area contributed by atoms with Gasteiger partial charge in [0.05, 0.1) is 13.3 Å². The van der Waals surface area contributed by atoms with Gasteiger partial charge in [-0.15, -0.1) is 0 Å². The number of nitrogens with one attached hydrogen (secondary N) is 1. The Morgan fingerprint density at radius 2 is 2.19 bits per heavy atom. The molecule has 2 aliphatic heterocycles. The first-order valence-corrected chi connectivity index (χ1v) is 7.63. The molecule has 6 N–H and O–H groups in total. The van der Waals surface area contributed by atoms with E-state index in [1.54, 1.807) is 4.90 Å². The van der Waals surface area contributed by atoms with Crippen LogP contribution in [0.4, 0.5) is 17.3 Å². The van der Waals surface area contributed by atoms with Crippen LogP contribution in [0.3, 0.4) is 0 Å². The Labute approximate surface area is 125 Å². The highest BCUT2D eigenvalue weighted by Gasteiger charge is 2.47. The van der Waals surface area contributed by atoms with Gasteiger partial charge in [0.1, 0.15) is 24.0 Å². The molecule has 1 aromatic rings. The van der Waals surface area contributed by atoms with Crippen LogP contribution < -0.4 is 16.0 Å². The van der Waals surface area contributed by atoms with Crippen molar-refractivity contribution in [2.75, 3.05) is 35.5 Å². The predicted molar refractivity (Wildman–Crippen MR) is 77.0 cm³/mol. The number of ether oxygens (including phenoxy) is 1. The summed E-state index contributed by atoms with van der Waals surface area (Å²) in [5.41, 5.74) is 6.45. The fourth-order valence-electron chi connectivity index (χ4n) is 2.50. The first-order chi connectivity index (χ1) is 10.1. The minimum Gasteiger partial charge on any atom is -0.394 e. The largest absolute Gasteiger partial charge is 0.394 e. The summed E-state index contributed by atoms with van der Waals surface area (Å²) in [7, 11) is 0. The first kappa shape index (κ1) is 14.6. The fourth-order valence-corrected chi connectivity index (χ4v) is 2.87. The highest BCUT2D eigenvalue weighted by Crippen LogP contribution is 2.38. The molecule has 0 radical (unpaired) electrons. The molecule has 0 aliphatic carbocycles. The van der Waals surface area contributed by atoms with Crippen LogP contribution >= 0.6 is 11.8 Å². The van der Waals surface area contributed by atoms with Gasteiger partial charge in [-0.3, -0.25) is 0 Å². The number of hydrogen-bond acceptors (Lipinski definition) is 10. The summed E-state index contributed by atoms with van der Waals surface area (Å²) in [5, 5.41) is 32.7. The Kier molecular flexibility index (Phi) is 3.80. The van der Waals surface area contributed by atoms with Crippen LogP contribution in [0.2, 0.25) is 0 Å². The summed E-state index contributed by atoms with van der Waals surface area (Å²) >= 11 is 1.35. The van der Waals surface area contributed by atoms with E-state index in [9.17, 15) is 10.2 Å². The van der Waals surface area contributed by atoms with Crippen molar-refractivity contribution in [3.63, 3.8) is 0 Å². The molecule has 3 rings (SSSR count). The van der Waals surface area contributed by atoms with Crippen molar-refractivity contribution < 1.29 is 20.1 Å². The van der Waals surface area contributed by atoms with Gasteiger partial charge in [-0.1, -0.05) is 11.8 Å². The molecule has 0 spiro atoms. The van der Waals surface area contributed by atoms with Gasteiger partial charge >= 0.3 is 0 Å². The number of anilines is 3. The lowest BCUT2D eigenvalue weighted by Gasteiger charge is -2.26. The summed E-state index contributed by atoms with van der Waals surface area (Å²) in [4.78, 5) is 10.2. The molecule has 9 nitrogen and oxygen atoms in total. The standard InChI is InChI=1S/C11H17N5O4S/c1-21-11-14-8(12)5-9(15-11)16(3-13-5)10-7(19)6(18)4(2-17)20-10/h4,6-7,10,13,17-19H,2-3H2,1H3,(H2,12,14,15)/t4-,6-,7-,10-/m1/s1. The van der Waals surface area contributed by atoms with Crippen LogP contribution in [0, 0.1) is 0 Å². The van der Waals surface area contributed by atoms with Crippen molar-refractivity contribution in [2.24, 2.45) is 0 Å². The third-order valence-electron chi connectivity index (χ3n) is 3.60. The molecule has 4 atom stereocenters. The summed E-state index contributed by atoms with van der Waals surface area (Å²) < 4.78 is 5.52. The third-order valence-corrected chi connectivity index (χ3v) is 4.15. The second-order valence-electron chi connectivity index (χ2n) is 4.83. The maximum absolute atomic E-state index is 10.1. The van der Waals surface area contributed by atoms with Crippen LogP contribution in [-0.2, 0) is 4.74 Å². The van der Waals surface area contributed by atoms with Gasteiger partial charge in [0.15, 0.2) is 23.0 Å².